The summed E-state index contributed by atoms with van der Waals surface area (Å²) >= 11 is 0. The number of fused-ring (bicyclic) bond motifs is 4. The maximum atomic E-state index is 13.9. The second kappa shape index (κ2) is 12.6. The molecule has 0 amide bonds. The van der Waals surface area contributed by atoms with Crippen LogP contribution in [0.5, 0.6) is 0 Å². The van der Waals surface area contributed by atoms with Crippen molar-refractivity contribution in [2.24, 2.45) is 16.7 Å². The van der Waals surface area contributed by atoms with E-state index in [-0.39, 0.29) is 22.9 Å². The van der Waals surface area contributed by atoms with Crippen LogP contribution in [0.4, 0.5) is 0 Å². The van der Waals surface area contributed by atoms with Crippen molar-refractivity contribution in [3.05, 3.63) is 34.9 Å². The van der Waals surface area contributed by atoms with Crippen molar-refractivity contribution in [3.63, 3.8) is 0 Å². The van der Waals surface area contributed by atoms with E-state index in [4.69, 9.17) is 4.74 Å². The molecule has 3 saturated heterocycles. The van der Waals surface area contributed by atoms with Crippen LogP contribution in [0.3, 0.4) is 0 Å². The van der Waals surface area contributed by atoms with E-state index in [1.807, 2.05) is 0 Å². The summed E-state index contributed by atoms with van der Waals surface area (Å²) < 4.78 is 37.7. The molecule has 4 bridgehead atoms. The number of ether oxygens (including phenoxy) is 1. The van der Waals surface area contributed by atoms with Gasteiger partial charge in [0.2, 0.25) is 10.0 Å². The fourth-order valence-corrected chi connectivity index (χ4v) is 10.8. The van der Waals surface area contributed by atoms with E-state index < -0.39 is 16.3 Å². The molecular formula is C34H57N5O3S. The number of piperidine rings is 1. The second-order valence-corrected chi connectivity index (χ2v) is 17.9. The largest absolute Gasteiger partial charge is 0.362 e. The van der Waals surface area contributed by atoms with Crippen molar-refractivity contribution < 1.29 is 13.2 Å². The second-order valence-electron chi connectivity index (χ2n) is 15.9. The van der Waals surface area contributed by atoms with Gasteiger partial charge in [0.25, 0.3) is 0 Å². The first kappa shape index (κ1) is 31.9. The van der Waals surface area contributed by atoms with Crippen LogP contribution in [-0.4, -0.2) is 69.4 Å². The molecule has 242 valence electrons. The average Bonchev–Trinajstić information content (AvgIpc) is 2.92. The maximum absolute atomic E-state index is 13.9. The molecule has 3 aliphatic heterocycles. The first-order chi connectivity index (χ1) is 20.4. The minimum absolute atomic E-state index is 0.00653. The Bertz CT molecular complexity index is 1200. The fraction of sp³-hybridized carbons (Fsp3) is 0.824. The summed E-state index contributed by atoms with van der Waals surface area (Å²) in [7, 11) is -3.52. The number of hydrogen-bond donors (Lipinski definition) is 4. The predicted molar refractivity (Wildman–Crippen MR) is 173 cm³/mol. The van der Waals surface area contributed by atoms with Crippen LogP contribution in [0.2, 0.25) is 0 Å². The van der Waals surface area contributed by atoms with E-state index in [9.17, 15) is 8.42 Å². The van der Waals surface area contributed by atoms with Gasteiger partial charge in [0.1, 0.15) is 12.5 Å². The van der Waals surface area contributed by atoms with E-state index in [1.54, 1.807) is 0 Å². The standard InChI is InChI=1S/C34H57N5O3S/c1-23-8-6-9-24(2)31(23)29-17-30-37-32(36-29)38-43(40,41)28-11-7-10-25(16-28)21-39(27(22-42-30)18-33(3,4)5)26-19-34(20-26)12-14-35-15-13-34/h6,8-9,25-30,32,35-38H,7,10-22H2,1-5H3/t25?,27-,28?,29?,30?,32?/m1/s1. The highest BCUT2D eigenvalue weighted by Crippen LogP contribution is 2.51. The summed E-state index contributed by atoms with van der Waals surface area (Å²) in [5, 5.41) is 10.3. The lowest BCUT2D eigenvalue weighted by atomic mass is 9.60. The Kier molecular flexibility index (Phi) is 9.36. The van der Waals surface area contributed by atoms with Gasteiger partial charge in [-0.15, -0.1) is 0 Å². The molecule has 6 atom stereocenters. The van der Waals surface area contributed by atoms with Gasteiger partial charge in [-0.3, -0.25) is 15.5 Å². The van der Waals surface area contributed by atoms with E-state index in [0.29, 0.717) is 30.0 Å². The minimum atomic E-state index is -3.52. The van der Waals surface area contributed by atoms with Crippen LogP contribution < -0.4 is 20.7 Å². The molecule has 5 fully saturated rings. The topological polar surface area (TPSA) is 94.7 Å². The summed E-state index contributed by atoms with van der Waals surface area (Å²) in [6.45, 7) is 15.3. The monoisotopic (exact) mass is 615 g/mol. The highest BCUT2D eigenvalue weighted by molar-refractivity contribution is 7.90. The molecular weight excluding hydrogens is 558 g/mol. The molecule has 5 unspecified atom stereocenters. The van der Waals surface area contributed by atoms with Gasteiger partial charge in [0, 0.05) is 31.1 Å². The molecule has 4 N–H and O–H groups in total. The van der Waals surface area contributed by atoms with Crippen molar-refractivity contribution >= 4 is 10.0 Å². The maximum Gasteiger partial charge on any atom is 0.216 e. The first-order valence-electron chi connectivity index (χ1n) is 17.1. The van der Waals surface area contributed by atoms with Crippen molar-refractivity contribution in [1.29, 1.82) is 0 Å². The third-order valence-electron chi connectivity index (χ3n) is 11.3. The Balaban J connectivity index is 1.31. The number of benzene rings is 1. The van der Waals surface area contributed by atoms with Crippen molar-refractivity contribution in [3.8, 4) is 0 Å². The Morgan fingerprint density at radius 3 is 2.44 bits per heavy atom. The first-order valence-corrected chi connectivity index (χ1v) is 18.6. The smallest absolute Gasteiger partial charge is 0.216 e. The number of sulfonamides is 1. The Morgan fingerprint density at radius 1 is 1.02 bits per heavy atom. The van der Waals surface area contributed by atoms with Gasteiger partial charge in [-0.1, -0.05) is 45.4 Å². The van der Waals surface area contributed by atoms with Crippen LogP contribution in [0.1, 0.15) is 108 Å². The zero-order chi connectivity index (χ0) is 30.4. The third-order valence-corrected chi connectivity index (χ3v) is 13.1. The van der Waals surface area contributed by atoms with Crippen molar-refractivity contribution in [2.75, 3.05) is 26.2 Å². The molecule has 6 rings (SSSR count). The highest BCUT2D eigenvalue weighted by atomic mass is 32.2. The number of aryl methyl sites for hydroxylation is 2. The van der Waals surface area contributed by atoms with Gasteiger partial charge in [0.05, 0.1) is 11.9 Å². The average molecular weight is 616 g/mol. The molecule has 0 radical (unpaired) electrons. The van der Waals surface area contributed by atoms with Gasteiger partial charge in [0.15, 0.2) is 0 Å². The SMILES string of the molecule is Cc1cccc(C)c1C1CC2NC(N1)NS(=O)(=O)C1CCCC(C1)CN(C1CC3(CCNCC3)C1)[C@H](CC(C)(C)C)CO2. The van der Waals surface area contributed by atoms with Crippen molar-refractivity contribution in [2.45, 2.75) is 135 Å². The summed E-state index contributed by atoms with van der Waals surface area (Å²) in [6, 6.07) is 7.26. The summed E-state index contributed by atoms with van der Waals surface area (Å²) in [4.78, 5) is 2.81. The lowest BCUT2D eigenvalue weighted by Crippen LogP contribution is -2.64. The van der Waals surface area contributed by atoms with Gasteiger partial charge in [-0.05, 0) is 112 Å². The minimum Gasteiger partial charge on any atom is -0.362 e. The predicted octanol–water partition coefficient (Wildman–Crippen LogP) is 4.68. The van der Waals surface area contributed by atoms with Gasteiger partial charge in [-0.25, -0.2) is 8.42 Å². The lowest BCUT2D eigenvalue weighted by molar-refractivity contribution is -0.0915. The van der Waals surface area contributed by atoms with Crippen LogP contribution in [0.25, 0.3) is 0 Å². The van der Waals surface area contributed by atoms with E-state index in [0.717, 1.165) is 58.2 Å². The summed E-state index contributed by atoms with van der Waals surface area (Å²) in [5.74, 6) is 0.394. The molecule has 1 aromatic rings. The third kappa shape index (κ3) is 7.34. The molecule has 1 aromatic carbocycles. The normalized spacial score (nSPS) is 35.7. The molecule has 8 nitrogen and oxygen atoms in total. The summed E-state index contributed by atoms with van der Waals surface area (Å²) in [6.07, 6.45) is 9.68. The Morgan fingerprint density at radius 2 is 1.74 bits per heavy atom. The molecule has 2 saturated carbocycles. The lowest BCUT2D eigenvalue weighted by Gasteiger charge is -2.56. The van der Waals surface area contributed by atoms with Crippen LogP contribution >= 0.6 is 0 Å². The van der Waals surface area contributed by atoms with E-state index in [2.05, 4.69) is 78.4 Å². The summed E-state index contributed by atoms with van der Waals surface area (Å²) in [5.41, 5.74) is 4.36. The fourth-order valence-electron chi connectivity index (χ4n) is 9.14. The molecule has 5 aliphatic rings. The van der Waals surface area contributed by atoms with E-state index in [1.165, 1.54) is 42.4 Å². The van der Waals surface area contributed by atoms with E-state index >= 15 is 0 Å². The van der Waals surface area contributed by atoms with Gasteiger partial charge in [-0.2, -0.15) is 4.72 Å². The van der Waals surface area contributed by atoms with Gasteiger partial charge < -0.3 is 10.1 Å². The molecule has 43 heavy (non-hydrogen) atoms. The Labute approximate surface area is 260 Å². The quantitative estimate of drug-likeness (QED) is 0.392. The number of nitrogens with one attached hydrogen (secondary N) is 4. The van der Waals surface area contributed by atoms with Crippen LogP contribution in [0, 0.1) is 30.6 Å². The molecule has 1 spiro atoms. The Hall–Kier alpha value is -1.07. The number of hydrogen-bond acceptors (Lipinski definition) is 7. The highest BCUT2D eigenvalue weighted by Gasteiger charge is 2.49. The van der Waals surface area contributed by atoms with Crippen LogP contribution in [0.15, 0.2) is 18.2 Å². The van der Waals surface area contributed by atoms with Gasteiger partial charge >= 0.3 is 0 Å². The van der Waals surface area contributed by atoms with Crippen LogP contribution in [-0.2, 0) is 14.8 Å². The zero-order valence-electron chi connectivity index (χ0n) is 27.3. The molecule has 0 aromatic heterocycles. The number of nitrogens with zero attached hydrogens (tertiary/aromatic N) is 1. The molecule has 9 heteroatoms. The zero-order valence-corrected chi connectivity index (χ0v) is 28.1. The molecule has 3 heterocycles. The number of rotatable bonds is 3. The van der Waals surface area contributed by atoms with Crippen molar-refractivity contribution in [1.82, 2.24) is 25.6 Å². The molecule has 2 aliphatic carbocycles.